The van der Waals surface area contributed by atoms with Crippen molar-refractivity contribution in [1.82, 2.24) is 10.2 Å². The number of halogens is 4. The fourth-order valence-corrected chi connectivity index (χ4v) is 5.68. The van der Waals surface area contributed by atoms with Gasteiger partial charge < -0.3 is 15.0 Å². The van der Waals surface area contributed by atoms with Crippen LogP contribution in [0.25, 0.3) is 0 Å². The molecule has 1 fully saturated rings. The third-order valence-corrected chi connectivity index (χ3v) is 7.94. The molecule has 4 rings (SSSR count). The Kier molecular flexibility index (Phi) is 10.8. The smallest absolute Gasteiger partial charge is 0.261 e. The van der Waals surface area contributed by atoms with Crippen LogP contribution in [0.4, 0.5) is 0 Å². The lowest BCUT2D eigenvalue weighted by atomic mass is 9.94. The van der Waals surface area contributed by atoms with Crippen LogP contribution in [0, 0.1) is 0 Å². The van der Waals surface area contributed by atoms with Crippen LogP contribution in [0.1, 0.15) is 43.2 Å². The third-order valence-electron chi connectivity index (χ3n) is 6.82. The predicted molar refractivity (Wildman–Crippen MR) is 158 cm³/mol. The van der Waals surface area contributed by atoms with Gasteiger partial charge in [-0.05, 0) is 54.3 Å². The SMILES string of the molecule is O=C(NC1CCCCC1)[C@@H](Cc1ccccc1)N(Cc1ccc(Cl)cc1Cl)C(=O)COc1ccc(Cl)cc1Cl. The first-order valence-corrected chi connectivity index (χ1v) is 14.5. The normalized spacial score (nSPS) is 14.5. The zero-order chi connectivity index (χ0) is 27.8. The first-order chi connectivity index (χ1) is 18.8. The van der Waals surface area contributed by atoms with Crippen molar-refractivity contribution in [3.8, 4) is 5.75 Å². The molecule has 0 spiro atoms. The van der Waals surface area contributed by atoms with Gasteiger partial charge in [-0.15, -0.1) is 0 Å². The Morgan fingerprint density at radius 2 is 1.54 bits per heavy atom. The van der Waals surface area contributed by atoms with Gasteiger partial charge in [0.15, 0.2) is 6.61 Å². The van der Waals surface area contributed by atoms with Gasteiger partial charge in [-0.2, -0.15) is 0 Å². The van der Waals surface area contributed by atoms with Crippen molar-refractivity contribution in [3.63, 3.8) is 0 Å². The van der Waals surface area contributed by atoms with E-state index in [1.807, 2.05) is 30.3 Å². The Hall–Kier alpha value is -2.44. The number of carbonyl (C=O) groups excluding carboxylic acids is 2. The summed E-state index contributed by atoms with van der Waals surface area (Å²) >= 11 is 24.9. The first-order valence-electron chi connectivity index (χ1n) is 13.0. The van der Waals surface area contributed by atoms with Gasteiger partial charge in [0.25, 0.3) is 5.91 Å². The summed E-state index contributed by atoms with van der Waals surface area (Å²) in [6.45, 7) is -0.226. The van der Waals surface area contributed by atoms with E-state index in [4.69, 9.17) is 51.1 Å². The van der Waals surface area contributed by atoms with Crippen molar-refractivity contribution in [2.24, 2.45) is 0 Å². The Balaban J connectivity index is 1.64. The molecule has 9 heteroatoms. The quantitative estimate of drug-likeness (QED) is 0.256. The van der Waals surface area contributed by atoms with Gasteiger partial charge in [0.05, 0.1) is 5.02 Å². The van der Waals surface area contributed by atoms with E-state index in [0.29, 0.717) is 37.8 Å². The first kappa shape index (κ1) is 29.5. The molecule has 5 nitrogen and oxygen atoms in total. The minimum absolute atomic E-state index is 0.0877. The van der Waals surface area contributed by atoms with Gasteiger partial charge in [0.2, 0.25) is 5.91 Å². The lowest BCUT2D eigenvalue weighted by molar-refractivity contribution is -0.143. The van der Waals surface area contributed by atoms with E-state index >= 15 is 0 Å². The molecule has 3 aromatic carbocycles. The second-order valence-electron chi connectivity index (χ2n) is 9.67. The van der Waals surface area contributed by atoms with Crippen LogP contribution in [0.3, 0.4) is 0 Å². The minimum atomic E-state index is -0.794. The summed E-state index contributed by atoms with van der Waals surface area (Å²) in [7, 11) is 0. The van der Waals surface area contributed by atoms with Crippen molar-refractivity contribution in [1.29, 1.82) is 0 Å². The van der Waals surface area contributed by atoms with Crippen LogP contribution >= 0.6 is 46.4 Å². The Morgan fingerprint density at radius 3 is 2.21 bits per heavy atom. The maximum Gasteiger partial charge on any atom is 0.261 e. The summed E-state index contributed by atoms with van der Waals surface area (Å²) < 4.78 is 5.78. The van der Waals surface area contributed by atoms with Gasteiger partial charge >= 0.3 is 0 Å². The number of hydrogen-bond acceptors (Lipinski definition) is 3. The molecule has 1 N–H and O–H groups in total. The molecular formula is C30H30Cl4N2O3. The van der Waals surface area contributed by atoms with E-state index in [1.165, 1.54) is 11.3 Å². The van der Waals surface area contributed by atoms with Crippen molar-refractivity contribution in [2.45, 2.75) is 57.2 Å². The summed E-state index contributed by atoms with van der Waals surface area (Å²) in [6, 6.07) is 18.8. The molecule has 39 heavy (non-hydrogen) atoms. The van der Waals surface area contributed by atoms with E-state index in [2.05, 4.69) is 5.32 Å². The molecule has 1 saturated carbocycles. The summed E-state index contributed by atoms with van der Waals surface area (Å²) in [4.78, 5) is 29.1. The number of rotatable bonds is 10. The molecule has 1 atom stereocenters. The van der Waals surface area contributed by atoms with Crippen LogP contribution in [-0.4, -0.2) is 35.4 Å². The topological polar surface area (TPSA) is 58.6 Å². The maximum atomic E-state index is 13.8. The Bertz CT molecular complexity index is 1280. The lowest BCUT2D eigenvalue weighted by Crippen LogP contribution is -2.53. The van der Waals surface area contributed by atoms with E-state index in [0.717, 1.165) is 31.2 Å². The summed E-state index contributed by atoms with van der Waals surface area (Å²) in [5.41, 5.74) is 1.60. The molecule has 2 amide bonds. The highest BCUT2D eigenvalue weighted by molar-refractivity contribution is 6.35. The molecule has 0 heterocycles. The third kappa shape index (κ3) is 8.52. The highest BCUT2D eigenvalue weighted by atomic mass is 35.5. The average Bonchev–Trinajstić information content (AvgIpc) is 2.92. The van der Waals surface area contributed by atoms with Gasteiger partial charge in [-0.25, -0.2) is 0 Å². The van der Waals surface area contributed by atoms with Crippen LogP contribution < -0.4 is 10.1 Å². The lowest BCUT2D eigenvalue weighted by Gasteiger charge is -2.33. The highest BCUT2D eigenvalue weighted by Gasteiger charge is 2.32. The fourth-order valence-electron chi connectivity index (χ4n) is 4.75. The van der Waals surface area contributed by atoms with E-state index in [1.54, 1.807) is 36.4 Å². The number of ether oxygens (including phenoxy) is 1. The largest absolute Gasteiger partial charge is 0.482 e. The van der Waals surface area contributed by atoms with Gasteiger partial charge in [-0.3, -0.25) is 9.59 Å². The molecule has 3 aromatic rings. The highest BCUT2D eigenvalue weighted by Crippen LogP contribution is 2.28. The van der Waals surface area contributed by atoms with Crippen molar-refractivity contribution in [3.05, 3.63) is 97.9 Å². The molecule has 0 radical (unpaired) electrons. The maximum absolute atomic E-state index is 13.8. The zero-order valence-corrected chi connectivity index (χ0v) is 24.4. The predicted octanol–water partition coefficient (Wildman–Crippen LogP) is 7.77. The van der Waals surface area contributed by atoms with Gasteiger partial charge in [-0.1, -0.05) is 102 Å². The number of carbonyl (C=O) groups is 2. The fraction of sp³-hybridized carbons (Fsp3) is 0.333. The number of nitrogens with zero attached hydrogens (tertiary/aromatic N) is 1. The number of hydrogen-bond donors (Lipinski definition) is 1. The summed E-state index contributed by atoms with van der Waals surface area (Å²) in [5, 5.41) is 4.85. The zero-order valence-electron chi connectivity index (χ0n) is 21.3. The molecule has 0 aliphatic heterocycles. The monoisotopic (exact) mass is 606 g/mol. The van der Waals surface area contributed by atoms with Crippen LogP contribution in [0.15, 0.2) is 66.7 Å². The van der Waals surface area contributed by atoms with E-state index < -0.39 is 6.04 Å². The molecule has 0 unspecified atom stereocenters. The molecule has 1 aliphatic rings. The summed E-state index contributed by atoms with van der Waals surface area (Å²) in [5.74, 6) is -0.259. The van der Waals surface area contributed by atoms with Gasteiger partial charge in [0, 0.05) is 34.1 Å². The number of amides is 2. The van der Waals surface area contributed by atoms with Crippen molar-refractivity contribution < 1.29 is 14.3 Å². The standard InChI is InChI=1S/C30H30Cl4N2O3/c31-22-12-11-21(25(33)16-22)18-36(29(37)19-39-28-14-13-23(32)17-26(28)34)27(15-20-7-3-1-4-8-20)30(38)35-24-9-5-2-6-10-24/h1,3-4,7-8,11-14,16-17,24,27H,2,5-6,9-10,15,18-19H2,(H,35,38)/t27-/m1/s1. The van der Waals surface area contributed by atoms with Crippen LogP contribution in [0.5, 0.6) is 5.75 Å². The molecule has 1 aliphatic carbocycles. The van der Waals surface area contributed by atoms with Crippen molar-refractivity contribution in [2.75, 3.05) is 6.61 Å². The van der Waals surface area contributed by atoms with E-state index in [9.17, 15) is 9.59 Å². The molecule has 0 saturated heterocycles. The molecular weight excluding hydrogens is 578 g/mol. The van der Waals surface area contributed by atoms with Crippen LogP contribution in [-0.2, 0) is 22.6 Å². The number of nitrogens with one attached hydrogen (secondary N) is 1. The number of benzene rings is 3. The summed E-state index contributed by atoms with van der Waals surface area (Å²) in [6.07, 6.45) is 5.51. The van der Waals surface area contributed by atoms with Gasteiger partial charge in [0.1, 0.15) is 11.8 Å². The molecule has 0 aromatic heterocycles. The Labute approximate surface area is 249 Å². The Morgan fingerprint density at radius 1 is 0.872 bits per heavy atom. The van der Waals surface area contributed by atoms with Crippen LogP contribution in [0.2, 0.25) is 20.1 Å². The minimum Gasteiger partial charge on any atom is -0.482 e. The average molecular weight is 608 g/mol. The molecule has 206 valence electrons. The second kappa shape index (κ2) is 14.3. The molecule has 0 bridgehead atoms. The van der Waals surface area contributed by atoms with E-state index in [-0.39, 0.29) is 31.0 Å². The van der Waals surface area contributed by atoms with Crippen molar-refractivity contribution >= 4 is 58.2 Å². The second-order valence-corrected chi connectivity index (χ2v) is 11.4.